The fraction of sp³-hybridized carbons (Fsp3) is 0.579. The van der Waals surface area contributed by atoms with Crippen molar-refractivity contribution in [2.75, 3.05) is 13.1 Å². The zero-order valence-corrected chi connectivity index (χ0v) is 15.4. The molecular formula is C19H21F3N2O3. The highest BCUT2D eigenvalue weighted by molar-refractivity contribution is 5.69. The standard InChI is InChI=1S/C19H21F3N2O3/c1-17(2,3)27-16(25)24-10-18(11-24)7-14(8-18)26-13-4-5-15(19(20,21)22)12(6-13)9-23/h4-6,14H,7-8,10-11H2,1-3H3. The Morgan fingerprint density at radius 3 is 2.41 bits per heavy atom. The van der Waals surface area contributed by atoms with E-state index in [1.54, 1.807) is 11.0 Å². The van der Waals surface area contributed by atoms with Gasteiger partial charge < -0.3 is 14.4 Å². The molecule has 1 amide bonds. The van der Waals surface area contributed by atoms with E-state index in [9.17, 15) is 18.0 Å². The predicted molar refractivity (Wildman–Crippen MR) is 90.0 cm³/mol. The van der Waals surface area contributed by atoms with Crippen molar-refractivity contribution in [3.05, 3.63) is 29.3 Å². The van der Waals surface area contributed by atoms with Gasteiger partial charge in [0, 0.05) is 18.5 Å². The number of ether oxygens (including phenoxy) is 2. The summed E-state index contributed by atoms with van der Waals surface area (Å²) in [4.78, 5) is 13.6. The van der Waals surface area contributed by atoms with Crippen molar-refractivity contribution < 1.29 is 27.4 Å². The summed E-state index contributed by atoms with van der Waals surface area (Å²) in [5.74, 6) is 0.253. The highest BCUT2D eigenvalue weighted by atomic mass is 19.4. The molecule has 0 N–H and O–H groups in total. The number of alkyl halides is 3. The fourth-order valence-corrected chi connectivity index (χ4v) is 3.60. The molecule has 0 atom stereocenters. The van der Waals surface area contributed by atoms with Crippen molar-refractivity contribution in [3.63, 3.8) is 0 Å². The molecule has 0 unspecified atom stereocenters. The molecule has 8 heteroatoms. The average molecular weight is 382 g/mol. The first-order valence-electron chi connectivity index (χ1n) is 8.67. The van der Waals surface area contributed by atoms with Gasteiger partial charge in [0.2, 0.25) is 0 Å². The molecule has 2 fully saturated rings. The second-order valence-electron chi connectivity index (χ2n) is 8.30. The van der Waals surface area contributed by atoms with Crippen LogP contribution in [0.2, 0.25) is 0 Å². The van der Waals surface area contributed by atoms with Crippen molar-refractivity contribution in [2.45, 2.75) is 51.5 Å². The Bertz CT molecular complexity index is 779. The number of amides is 1. The molecule has 1 aliphatic heterocycles. The second-order valence-corrected chi connectivity index (χ2v) is 8.30. The van der Waals surface area contributed by atoms with E-state index in [-0.39, 0.29) is 23.4 Å². The number of carbonyl (C=O) groups excluding carboxylic acids is 1. The van der Waals surface area contributed by atoms with E-state index in [4.69, 9.17) is 14.7 Å². The van der Waals surface area contributed by atoms with Gasteiger partial charge in [-0.15, -0.1) is 0 Å². The summed E-state index contributed by atoms with van der Waals surface area (Å²) in [6.45, 7) is 6.63. The van der Waals surface area contributed by atoms with Crippen LogP contribution in [0.25, 0.3) is 0 Å². The summed E-state index contributed by atoms with van der Waals surface area (Å²) < 4.78 is 49.5. The van der Waals surface area contributed by atoms with E-state index < -0.39 is 22.9 Å². The van der Waals surface area contributed by atoms with Gasteiger partial charge in [0.25, 0.3) is 0 Å². The molecule has 5 nitrogen and oxygen atoms in total. The van der Waals surface area contributed by atoms with Crippen LogP contribution in [0.15, 0.2) is 18.2 Å². The highest BCUT2D eigenvalue weighted by Gasteiger charge is 2.55. The van der Waals surface area contributed by atoms with Gasteiger partial charge >= 0.3 is 12.3 Å². The summed E-state index contributed by atoms with van der Waals surface area (Å²) >= 11 is 0. The van der Waals surface area contributed by atoms with Crippen molar-refractivity contribution >= 4 is 6.09 Å². The van der Waals surface area contributed by atoms with Gasteiger partial charge in [-0.1, -0.05) is 0 Å². The summed E-state index contributed by atoms with van der Waals surface area (Å²) in [7, 11) is 0. The molecule has 0 aromatic heterocycles. The minimum atomic E-state index is -4.57. The predicted octanol–water partition coefficient (Wildman–Crippen LogP) is 4.36. The van der Waals surface area contributed by atoms with Gasteiger partial charge in [0.1, 0.15) is 17.5 Å². The van der Waals surface area contributed by atoms with E-state index in [1.165, 1.54) is 6.07 Å². The Hall–Kier alpha value is -2.43. The maximum absolute atomic E-state index is 12.8. The van der Waals surface area contributed by atoms with Crippen molar-refractivity contribution in [2.24, 2.45) is 5.41 Å². The van der Waals surface area contributed by atoms with Gasteiger partial charge in [-0.3, -0.25) is 0 Å². The minimum Gasteiger partial charge on any atom is -0.490 e. The molecule has 1 saturated carbocycles. The van der Waals surface area contributed by atoms with Crippen LogP contribution in [-0.2, 0) is 10.9 Å². The third-order valence-electron chi connectivity index (χ3n) is 4.75. The summed E-state index contributed by atoms with van der Waals surface area (Å²) in [6, 6.07) is 4.81. The van der Waals surface area contributed by atoms with Gasteiger partial charge in [-0.25, -0.2) is 4.79 Å². The van der Waals surface area contributed by atoms with Crippen LogP contribution in [0, 0.1) is 16.7 Å². The van der Waals surface area contributed by atoms with Crippen LogP contribution >= 0.6 is 0 Å². The zero-order chi connectivity index (χ0) is 20.0. The Morgan fingerprint density at radius 1 is 1.26 bits per heavy atom. The topological polar surface area (TPSA) is 62.6 Å². The molecule has 1 aromatic carbocycles. The van der Waals surface area contributed by atoms with Crippen LogP contribution < -0.4 is 4.74 Å². The van der Waals surface area contributed by atoms with E-state index >= 15 is 0 Å². The smallest absolute Gasteiger partial charge is 0.417 e. The van der Waals surface area contributed by atoms with Crippen LogP contribution in [0.5, 0.6) is 5.75 Å². The van der Waals surface area contributed by atoms with Gasteiger partial charge in [0.05, 0.1) is 17.2 Å². The molecule has 27 heavy (non-hydrogen) atoms. The van der Waals surface area contributed by atoms with Gasteiger partial charge in [-0.05, 0) is 51.8 Å². The van der Waals surface area contributed by atoms with E-state index in [0.717, 1.165) is 25.0 Å². The van der Waals surface area contributed by atoms with Crippen LogP contribution in [-0.4, -0.2) is 35.8 Å². The lowest BCUT2D eigenvalue weighted by Gasteiger charge is -2.58. The molecule has 2 aliphatic rings. The zero-order valence-electron chi connectivity index (χ0n) is 15.4. The molecule has 1 heterocycles. The number of halogens is 3. The van der Waals surface area contributed by atoms with Gasteiger partial charge in [-0.2, -0.15) is 18.4 Å². The lowest BCUT2D eigenvalue weighted by atomic mass is 9.62. The number of hydrogen-bond acceptors (Lipinski definition) is 4. The number of nitriles is 1. The maximum Gasteiger partial charge on any atom is 0.417 e. The highest BCUT2D eigenvalue weighted by Crippen LogP contribution is 2.50. The number of rotatable bonds is 2. The maximum atomic E-state index is 12.8. The largest absolute Gasteiger partial charge is 0.490 e. The first-order valence-corrected chi connectivity index (χ1v) is 8.67. The lowest BCUT2D eigenvalue weighted by molar-refractivity contribution is -0.137. The quantitative estimate of drug-likeness (QED) is 0.763. The third kappa shape index (κ3) is 4.12. The average Bonchev–Trinajstić information content (AvgIpc) is 2.44. The first-order chi connectivity index (χ1) is 12.4. The molecule has 3 rings (SSSR count). The Labute approximate surface area is 155 Å². The molecule has 1 spiro atoms. The van der Waals surface area contributed by atoms with Crippen molar-refractivity contribution in [3.8, 4) is 11.8 Å². The monoisotopic (exact) mass is 382 g/mol. The molecular weight excluding hydrogens is 361 g/mol. The minimum absolute atomic E-state index is 0.00550. The fourth-order valence-electron chi connectivity index (χ4n) is 3.60. The summed E-state index contributed by atoms with van der Waals surface area (Å²) in [6.07, 6.45) is -3.60. The normalized spacial score (nSPS) is 19.1. The molecule has 1 aliphatic carbocycles. The summed E-state index contributed by atoms with van der Waals surface area (Å²) in [5.41, 5.74) is -1.94. The van der Waals surface area contributed by atoms with Crippen LogP contribution in [0.1, 0.15) is 44.7 Å². The Kier molecular flexibility index (Phi) is 4.53. The lowest BCUT2D eigenvalue weighted by Crippen LogP contribution is -2.66. The van der Waals surface area contributed by atoms with Crippen LogP contribution in [0.3, 0.4) is 0 Å². The van der Waals surface area contributed by atoms with E-state index in [1.807, 2.05) is 20.8 Å². The first kappa shape index (κ1) is 19.3. The number of carbonyl (C=O) groups is 1. The molecule has 0 radical (unpaired) electrons. The second kappa shape index (κ2) is 6.32. The third-order valence-corrected chi connectivity index (χ3v) is 4.75. The van der Waals surface area contributed by atoms with E-state index in [0.29, 0.717) is 13.1 Å². The Balaban J connectivity index is 1.52. The SMILES string of the molecule is CC(C)(C)OC(=O)N1CC2(CC(Oc3ccc(C(F)(F)F)c(C#N)c3)C2)C1. The Morgan fingerprint density at radius 2 is 1.89 bits per heavy atom. The van der Waals surface area contributed by atoms with E-state index in [2.05, 4.69) is 0 Å². The molecule has 146 valence electrons. The number of hydrogen-bond donors (Lipinski definition) is 0. The van der Waals surface area contributed by atoms with Crippen molar-refractivity contribution in [1.82, 2.24) is 4.90 Å². The van der Waals surface area contributed by atoms with Crippen LogP contribution in [0.4, 0.5) is 18.0 Å². The molecule has 1 saturated heterocycles. The van der Waals surface area contributed by atoms with Crippen molar-refractivity contribution in [1.29, 1.82) is 5.26 Å². The number of benzene rings is 1. The number of nitrogens with zero attached hydrogens (tertiary/aromatic N) is 2. The number of likely N-dealkylation sites (tertiary alicyclic amines) is 1. The van der Waals surface area contributed by atoms with Gasteiger partial charge in [0.15, 0.2) is 0 Å². The molecule has 1 aromatic rings. The molecule has 0 bridgehead atoms. The summed E-state index contributed by atoms with van der Waals surface area (Å²) in [5, 5.41) is 8.95.